The molecule has 24 nitrogen and oxygen atoms in total. The SMILES string of the molecule is CC(=O)O[C@@H]1CC[C@H](O)CN(S(=O)(=O)c2cc(C(=O)Nc3ccc(F)c(Cl)c3)ccc2F)C1.CC(=O)O[C@@H]1CC[C@H](OC(C)=O)CN(S(=O)(=O)c2cc(C(=O)Nc3ccc(F)c(Cl)c3)ccc2F)C1.O=C(Nc1ccc(F)c(Cl)c1)c1ccc(F)c(S(=O)(=O)N2C[C@H](O)CC[C@H](O)C2)c1. The summed E-state index contributed by atoms with van der Waals surface area (Å²) >= 11 is 17.1. The Labute approximate surface area is 578 Å². The third-order valence-corrected chi connectivity index (χ3v) is 21.3. The molecule has 0 aromatic heterocycles. The minimum atomic E-state index is -4.57. The minimum Gasteiger partial charge on any atom is -0.461 e. The monoisotopic (exact) mass is 1510 g/mol. The van der Waals surface area contributed by atoms with Gasteiger partial charge in [-0.2, -0.15) is 12.9 Å². The molecule has 0 aliphatic carbocycles. The van der Waals surface area contributed by atoms with Gasteiger partial charge >= 0.3 is 17.9 Å². The Bertz CT molecular complexity index is 4360. The fraction of sp³-hybridized carbons (Fsp3) is 0.333. The number of nitrogens with one attached hydrogen (secondary N) is 3. The summed E-state index contributed by atoms with van der Waals surface area (Å²) in [6.07, 6.45) is -4.30. The Morgan fingerprint density at radius 1 is 0.374 bits per heavy atom. The van der Waals surface area contributed by atoms with Gasteiger partial charge in [-0.25, -0.2) is 51.6 Å². The van der Waals surface area contributed by atoms with Crippen LogP contribution in [0.3, 0.4) is 0 Å². The van der Waals surface area contributed by atoms with Gasteiger partial charge in [0.2, 0.25) is 30.1 Å². The van der Waals surface area contributed by atoms with Crippen molar-refractivity contribution in [1.29, 1.82) is 0 Å². The number of amides is 3. The number of carbonyl (C=O) groups excluding carboxylic acids is 6. The molecule has 36 heteroatoms. The number of aliphatic hydroxyl groups is 3. The first kappa shape index (κ1) is 78.5. The molecule has 0 unspecified atom stereocenters. The number of anilines is 3. The van der Waals surface area contributed by atoms with Crippen molar-refractivity contribution in [1.82, 2.24) is 12.9 Å². The molecule has 6 N–H and O–H groups in total. The van der Waals surface area contributed by atoms with E-state index in [9.17, 15) is 95.7 Å². The molecule has 0 radical (unpaired) electrons. The minimum absolute atomic E-state index is 0.140. The van der Waals surface area contributed by atoms with Gasteiger partial charge in [0.15, 0.2) is 0 Å². The van der Waals surface area contributed by atoms with E-state index >= 15 is 0 Å². The Balaban J connectivity index is 0.000000210. The number of β-amino-alcohol motifs (C(OH)–C–C–N with tert-alkyl or cyclic N) is 3. The topological polar surface area (TPSA) is 339 Å². The number of sulfonamides is 3. The average molecular weight is 1510 g/mol. The molecule has 3 aliphatic heterocycles. The fourth-order valence-corrected chi connectivity index (χ4v) is 15.5. The standard InChI is InChI=1S/C23H23ClF2N2O7S.C21H21ClF2N2O6S.C19H19ClF2N2O5S/c1-13(29)34-17-5-6-18(35-14(2)30)12-28(11-17)36(32,33)22-9-15(3-7-21(22)26)23(31)27-16-4-8-20(25)19(24)10-16;1-12(27)32-16-5-4-15(28)10-26(11-16)33(30,31)20-8-13(2-6-19(20)24)21(29)25-14-3-7-18(23)17(22)9-14;20-15-8-12(2-6-16(15)21)23-19(27)11-1-5-17(22)18(7-11)30(28,29)24-9-13(25)3-4-14(26)10-24/h3-4,7-10,17-18H,5-6,11-12H2,1-2H3,(H,27,31);2-3,6-9,15-16,28H,4-5,10-11H2,1H3,(H,25,29);1-2,5-8,13-14,25-26H,3-4,9-10H2,(H,23,27)/t17-,18+;15-,16+;13-,14+/m.0./s1. The van der Waals surface area contributed by atoms with E-state index in [0.717, 1.165) is 91.8 Å². The smallest absolute Gasteiger partial charge is 0.302 e. The fourth-order valence-electron chi connectivity index (χ4n) is 10.1. The molecule has 0 saturated carbocycles. The molecule has 3 fully saturated rings. The van der Waals surface area contributed by atoms with Gasteiger partial charge in [-0.15, -0.1) is 0 Å². The zero-order chi connectivity index (χ0) is 73.0. The molecule has 6 atom stereocenters. The van der Waals surface area contributed by atoms with Gasteiger partial charge in [-0.05, 0) is 148 Å². The van der Waals surface area contributed by atoms with Crippen molar-refractivity contribution < 1.29 is 110 Å². The van der Waals surface area contributed by atoms with Crippen molar-refractivity contribution >= 4 is 118 Å². The summed E-state index contributed by atoms with van der Waals surface area (Å²) in [5.74, 6) is -9.54. The number of halogens is 9. The molecule has 3 saturated heterocycles. The molecule has 3 amide bonds. The maximum atomic E-state index is 14.8. The average Bonchev–Trinajstić information content (AvgIpc) is 1.64. The molecule has 3 aliphatic rings. The normalized spacial score (nSPS) is 19.5. The Kier molecular flexibility index (Phi) is 27.0. The van der Waals surface area contributed by atoms with E-state index in [4.69, 9.17) is 49.0 Å². The van der Waals surface area contributed by atoms with Crippen molar-refractivity contribution in [2.24, 2.45) is 0 Å². The lowest BCUT2D eigenvalue weighted by Gasteiger charge is -2.25. The van der Waals surface area contributed by atoms with Crippen LogP contribution in [0.5, 0.6) is 0 Å². The lowest BCUT2D eigenvalue weighted by Crippen LogP contribution is -2.41. The Morgan fingerprint density at radius 2 is 0.606 bits per heavy atom. The number of carbonyl (C=O) groups is 6. The second-order valence-corrected chi connectivity index (χ2v) is 29.5. The van der Waals surface area contributed by atoms with E-state index in [1.54, 1.807) is 0 Å². The van der Waals surface area contributed by atoms with Crippen molar-refractivity contribution in [2.45, 2.75) is 111 Å². The van der Waals surface area contributed by atoms with Gasteiger partial charge in [-0.3, -0.25) is 28.8 Å². The van der Waals surface area contributed by atoms with Crippen molar-refractivity contribution in [3.8, 4) is 0 Å². The van der Waals surface area contributed by atoms with Crippen LogP contribution in [0.1, 0.15) is 90.4 Å². The van der Waals surface area contributed by atoms with E-state index in [0.29, 0.717) is 0 Å². The van der Waals surface area contributed by atoms with Gasteiger partial charge in [0.05, 0.1) is 53.0 Å². The number of esters is 3. The van der Waals surface area contributed by atoms with Gasteiger partial charge in [-0.1, -0.05) is 34.8 Å². The summed E-state index contributed by atoms with van der Waals surface area (Å²) in [5, 5.41) is 36.5. The van der Waals surface area contributed by atoms with Crippen LogP contribution in [0.4, 0.5) is 43.4 Å². The zero-order valence-corrected chi connectivity index (χ0v) is 57.0. The second-order valence-electron chi connectivity index (χ2n) is 22.5. The molecular formula is C63H63Cl3F6N6O18S3. The van der Waals surface area contributed by atoms with Crippen LogP contribution in [-0.4, -0.2) is 165 Å². The summed E-state index contributed by atoms with van der Waals surface area (Å²) < 4.78 is 181. The summed E-state index contributed by atoms with van der Waals surface area (Å²) in [6, 6.07) is 18.8. The van der Waals surface area contributed by atoms with E-state index in [-0.39, 0.29) is 127 Å². The third kappa shape index (κ3) is 21.4. The molecule has 6 aromatic rings. The molecule has 9 rings (SSSR count). The predicted octanol–water partition coefficient (Wildman–Crippen LogP) is 8.84. The van der Waals surface area contributed by atoms with Crippen LogP contribution >= 0.6 is 34.8 Å². The lowest BCUT2D eigenvalue weighted by atomic mass is 10.1. The first-order valence-electron chi connectivity index (χ1n) is 29.7. The largest absolute Gasteiger partial charge is 0.461 e. The summed E-state index contributed by atoms with van der Waals surface area (Å²) in [5.41, 5.74) is -0.0769. The van der Waals surface area contributed by atoms with Gasteiger partial charge in [0.25, 0.3) is 17.7 Å². The maximum absolute atomic E-state index is 14.8. The van der Waals surface area contributed by atoms with E-state index < -0.39 is 152 Å². The highest BCUT2D eigenvalue weighted by atomic mass is 35.5. The van der Waals surface area contributed by atoms with Gasteiger partial charge < -0.3 is 45.5 Å². The molecule has 3 heterocycles. The van der Waals surface area contributed by atoms with Gasteiger partial charge in [0, 0.05) is 74.2 Å². The van der Waals surface area contributed by atoms with Crippen LogP contribution in [0.15, 0.2) is 124 Å². The van der Waals surface area contributed by atoms with Crippen LogP contribution in [-0.2, 0) is 58.7 Å². The van der Waals surface area contributed by atoms with E-state index in [1.807, 2.05) is 0 Å². The van der Waals surface area contributed by atoms with Crippen LogP contribution in [0, 0.1) is 34.9 Å². The summed E-state index contributed by atoms with van der Waals surface area (Å²) in [6.45, 7) is 1.70. The Morgan fingerprint density at radius 3 is 0.869 bits per heavy atom. The molecule has 0 spiro atoms. The zero-order valence-electron chi connectivity index (χ0n) is 52.3. The van der Waals surface area contributed by atoms with Crippen molar-refractivity contribution in [2.75, 3.05) is 55.2 Å². The number of hydrogen-bond donors (Lipinski definition) is 6. The number of nitrogens with zero attached hydrogens (tertiary/aromatic N) is 3. The van der Waals surface area contributed by atoms with Crippen LogP contribution in [0.2, 0.25) is 15.1 Å². The summed E-state index contributed by atoms with van der Waals surface area (Å²) in [7, 11) is -13.5. The van der Waals surface area contributed by atoms with E-state index in [2.05, 4.69) is 16.0 Å². The van der Waals surface area contributed by atoms with E-state index in [1.165, 1.54) is 51.1 Å². The number of hydrogen-bond acceptors (Lipinski definition) is 18. The number of benzene rings is 6. The summed E-state index contributed by atoms with van der Waals surface area (Å²) in [4.78, 5) is 69.7. The first-order chi connectivity index (χ1) is 46.4. The highest BCUT2D eigenvalue weighted by Gasteiger charge is 2.39. The van der Waals surface area contributed by atoms with Crippen LogP contribution < -0.4 is 16.0 Å². The third-order valence-electron chi connectivity index (χ3n) is 14.9. The van der Waals surface area contributed by atoms with Crippen molar-refractivity contribution in [3.05, 3.63) is 176 Å². The highest BCUT2D eigenvalue weighted by Crippen LogP contribution is 2.31. The predicted molar refractivity (Wildman–Crippen MR) is 346 cm³/mol. The highest BCUT2D eigenvalue weighted by molar-refractivity contribution is 7.89. The number of ether oxygens (including phenoxy) is 3. The number of aliphatic hydroxyl groups excluding tert-OH is 3. The molecule has 6 aromatic carbocycles. The van der Waals surface area contributed by atoms with Crippen LogP contribution in [0.25, 0.3) is 0 Å². The molecule has 0 bridgehead atoms. The second kappa shape index (κ2) is 34.0. The Hall–Kier alpha value is -7.80. The maximum Gasteiger partial charge on any atom is 0.302 e. The molecule has 534 valence electrons. The quantitative estimate of drug-likeness (QED) is 0.0317. The molecular weight excluding hydrogens is 1450 g/mol. The number of rotatable bonds is 15. The van der Waals surface area contributed by atoms with Gasteiger partial charge in [0.1, 0.15) is 67.9 Å². The molecule has 99 heavy (non-hydrogen) atoms. The lowest BCUT2D eigenvalue weighted by molar-refractivity contribution is -0.148. The van der Waals surface area contributed by atoms with Crippen molar-refractivity contribution in [3.63, 3.8) is 0 Å². The first-order valence-corrected chi connectivity index (χ1v) is 35.1.